The van der Waals surface area contributed by atoms with Crippen molar-refractivity contribution in [2.75, 3.05) is 5.88 Å². The molecule has 0 bridgehead atoms. The molecule has 116 valence electrons. The molecule has 2 nitrogen and oxygen atoms in total. The van der Waals surface area contributed by atoms with Crippen LogP contribution in [0.1, 0.15) is 51.3 Å². The van der Waals surface area contributed by atoms with Crippen LogP contribution in [-0.4, -0.2) is 15.4 Å². The van der Waals surface area contributed by atoms with Crippen LogP contribution in [0, 0.1) is 5.82 Å². The van der Waals surface area contributed by atoms with E-state index in [4.69, 9.17) is 11.6 Å². The summed E-state index contributed by atoms with van der Waals surface area (Å²) in [5, 5.41) is 0. The van der Waals surface area contributed by atoms with E-state index in [1.165, 1.54) is 38.2 Å². The number of hydrogen-bond acceptors (Lipinski definition) is 1. The zero-order valence-corrected chi connectivity index (χ0v) is 13.5. The first kappa shape index (κ1) is 16.3. The molecule has 0 atom stereocenters. The number of benzene rings is 1. The molecular weight excluding hydrogens is 287 g/mol. The summed E-state index contributed by atoms with van der Waals surface area (Å²) in [7, 11) is 0. The van der Waals surface area contributed by atoms with Gasteiger partial charge in [0.25, 0.3) is 0 Å². The summed E-state index contributed by atoms with van der Waals surface area (Å²) in [5.74, 6) is 1.17. The molecule has 2 aromatic rings. The predicted octanol–water partition coefficient (Wildman–Crippen LogP) is 5.32. The highest BCUT2D eigenvalue weighted by Crippen LogP contribution is 2.21. The van der Waals surface area contributed by atoms with Gasteiger partial charge < -0.3 is 4.57 Å². The van der Waals surface area contributed by atoms with Gasteiger partial charge in [-0.05, 0) is 18.6 Å². The molecule has 1 aromatic heterocycles. The van der Waals surface area contributed by atoms with Crippen molar-refractivity contribution in [3.05, 3.63) is 29.8 Å². The Labute approximate surface area is 131 Å². The summed E-state index contributed by atoms with van der Waals surface area (Å²) in [6.45, 7) is 3.13. The molecule has 21 heavy (non-hydrogen) atoms. The molecule has 0 radical (unpaired) electrons. The van der Waals surface area contributed by atoms with Gasteiger partial charge in [-0.2, -0.15) is 0 Å². The number of para-hydroxylation sites is 1. The molecule has 0 saturated heterocycles. The maximum atomic E-state index is 13.8. The van der Waals surface area contributed by atoms with Gasteiger partial charge in [0.2, 0.25) is 0 Å². The normalized spacial score (nSPS) is 11.4. The quantitative estimate of drug-likeness (QED) is 0.453. The van der Waals surface area contributed by atoms with E-state index in [0.717, 1.165) is 24.3 Å². The monoisotopic (exact) mass is 310 g/mol. The molecule has 0 spiro atoms. The minimum Gasteiger partial charge on any atom is -0.328 e. The second kappa shape index (κ2) is 8.38. The maximum absolute atomic E-state index is 13.8. The second-order valence-corrected chi connectivity index (χ2v) is 5.87. The summed E-state index contributed by atoms with van der Waals surface area (Å²) in [6.07, 6.45) is 8.19. The van der Waals surface area contributed by atoms with Crippen molar-refractivity contribution in [2.45, 2.75) is 58.4 Å². The molecule has 0 saturated carbocycles. The van der Waals surface area contributed by atoms with Crippen molar-refractivity contribution in [2.24, 2.45) is 0 Å². The van der Waals surface area contributed by atoms with E-state index < -0.39 is 0 Å². The Morgan fingerprint density at radius 1 is 1.14 bits per heavy atom. The number of halogens is 2. The van der Waals surface area contributed by atoms with E-state index in [9.17, 15) is 4.39 Å². The molecule has 0 aliphatic heterocycles. The van der Waals surface area contributed by atoms with Crippen molar-refractivity contribution in [3.8, 4) is 0 Å². The number of fused-ring (bicyclic) bond motifs is 1. The lowest BCUT2D eigenvalue weighted by molar-refractivity contribution is 0.554. The summed E-state index contributed by atoms with van der Waals surface area (Å²) >= 11 is 5.85. The molecular formula is C17H24ClFN2. The molecule has 0 N–H and O–H groups in total. The third-order valence-corrected chi connectivity index (χ3v) is 4.05. The molecule has 0 aliphatic carbocycles. The van der Waals surface area contributed by atoms with Crippen molar-refractivity contribution < 1.29 is 4.39 Å². The molecule has 4 heteroatoms. The van der Waals surface area contributed by atoms with Crippen LogP contribution in [-0.2, 0) is 13.0 Å². The van der Waals surface area contributed by atoms with E-state index in [1.54, 1.807) is 6.07 Å². The van der Waals surface area contributed by atoms with Crippen LogP contribution in [0.15, 0.2) is 18.2 Å². The van der Waals surface area contributed by atoms with E-state index >= 15 is 0 Å². The molecule has 2 rings (SSSR count). The van der Waals surface area contributed by atoms with Crippen LogP contribution < -0.4 is 0 Å². The van der Waals surface area contributed by atoms with Gasteiger partial charge in [0, 0.05) is 18.8 Å². The van der Waals surface area contributed by atoms with Gasteiger partial charge in [-0.25, -0.2) is 9.37 Å². The lowest BCUT2D eigenvalue weighted by atomic mass is 10.1. The lowest BCUT2D eigenvalue weighted by Gasteiger charge is -2.08. The Bertz CT molecular complexity index is 565. The highest BCUT2D eigenvalue weighted by molar-refractivity contribution is 6.17. The first-order valence-electron chi connectivity index (χ1n) is 7.97. The Hall–Kier alpha value is -1.09. The topological polar surface area (TPSA) is 17.8 Å². The predicted molar refractivity (Wildman–Crippen MR) is 87.5 cm³/mol. The third kappa shape index (κ3) is 4.19. The number of alkyl halides is 1. The van der Waals surface area contributed by atoms with Gasteiger partial charge in [0.05, 0.1) is 5.52 Å². The van der Waals surface area contributed by atoms with Crippen LogP contribution in [0.25, 0.3) is 11.0 Å². The number of hydrogen-bond donors (Lipinski definition) is 0. The van der Waals surface area contributed by atoms with Gasteiger partial charge >= 0.3 is 0 Å². The highest BCUT2D eigenvalue weighted by atomic mass is 35.5. The molecule has 0 fully saturated rings. The van der Waals surface area contributed by atoms with Crippen LogP contribution >= 0.6 is 11.6 Å². The number of unbranched alkanes of at least 4 members (excludes halogenated alkanes) is 5. The summed E-state index contributed by atoms with van der Waals surface area (Å²) in [6, 6.07) is 5.16. The Kier molecular flexibility index (Phi) is 6.50. The average Bonchev–Trinajstić information content (AvgIpc) is 2.83. The number of imidazole rings is 1. The molecule has 0 aliphatic rings. The van der Waals surface area contributed by atoms with Crippen molar-refractivity contribution in [1.82, 2.24) is 9.55 Å². The third-order valence-electron chi connectivity index (χ3n) is 3.86. The minimum atomic E-state index is -0.245. The van der Waals surface area contributed by atoms with Crippen LogP contribution in [0.2, 0.25) is 0 Å². The highest BCUT2D eigenvalue weighted by Gasteiger charge is 2.12. The van der Waals surface area contributed by atoms with Gasteiger partial charge in [-0.3, -0.25) is 0 Å². The molecule has 0 unspecified atom stereocenters. The maximum Gasteiger partial charge on any atom is 0.151 e. The van der Waals surface area contributed by atoms with Crippen LogP contribution in [0.5, 0.6) is 0 Å². The summed E-state index contributed by atoms with van der Waals surface area (Å²) in [4.78, 5) is 4.43. The van der Waals surface area contributed by atoms with Crippen LogP contribution in [0.3, 0.4) is 0 Å². The molecule has 1 heterocycles. The zero-order valence-electron chi connectivity index (χ0n) is 12.7. The fourth-order valence-electron chi connectivity index (χ4n) is 2.74. The van der Waals surface area contributed by atoms with E-state index in [1.807, 2.05) is 6.07 Å². The first-order chi connectivity index (χ1) is 10.3. The lowest BCUT2D eigenvalue weighted by Crippen LogP contribution is -2.05. The summed E-state index contributed by atoms with van der Waals surface area (Å²) < 4.78 is 16.0. The molecule has 0 amide bonds. The molecule has 1 aromatic carbocycles. The van der Waals surface area contributed by atoms with Crippen molar-refractivity contribution in [3.63, 3.8) is 0 Å². The van der Waals surface area contributed by atoms with E-state index in [-0.39, 0.29) is 5.82 Å². The fourth-order valence-corrected chi connectivity index (χ4v) is 2.91. The second-order valence-electron chi connectivity index (χ2n) is 5.49. The largest absolute Gasteiger partial charge is 0.328 e. The number of rotatable bonds is 9. The Morgan fingerprint density at radius 2 is 1.90 bits per heavy atom. The number of nitrogens with zero attached hydrogens (tertiary/aromatic N) is 2. The van der Waals surface area contributed by atoms with Crippen molar-refractivity contribution >= 4 is 22.6 Å². The smallest absolute Gasteiger partial charge is 0.151 e. The SMILES string of the molecule is CCCCCCCCn1c(CCCl)nc2c(F)cccc21. The van der Waals surface area contributed by atoms with Gasteiger partial charge in [0.15, 0.2) is 5.82 Å². The van der Waals surface area contributed by atoms with Crippen molar-refractivity contribution in [1.29, 1.82) is 0 Å². The van der Waals surface area contributed by atoms with E-state index in [2.05, 4.69) is 16.5 Å². The Morgan fingerprint density at radius 3 is 2.67 bits per heavy atom. The number of aromatic nitrogens is 2. The Balaban J connectivity index is 2.06. The standard InChI is InChI=1S/C17H24ClFN2/c1-2-3-4-5-6-7-13-21-15-10-8-9-14(19)17(15)20-16(21)11-12-18/h8-10H,2-7,11-13H2,1H3. The zero-order chi connectivity index (χ0) is 15.1. The first-order valence-corrected chi connectivity index (χ1v) is 8.51. The van der Waals surface area contributed by atoms with E-state index in [0.29, 0.717) is 17.8 Å². The van der Waals surface area contributed by atoms with Crippen LogP contribution in [0.4, 0.5) is 4.39 Å². The average molecular weight is 311 g/mol. The van der Waals surface area contributed by atoms with Gasteiger partial charge in [-0.15, -0.1) is 11.6 Å². The summed E-state index contributed by atoms with van der Waals surface area (Å²) in [5.41, 5.74) is 1.37. The number of aryl methyl sites for hydroxylation is 2. The fraction of sp³-hybridized carbons (Fsp3) is 0.588. The van der Waals surface area contributed by atoms with Gasteiger partial charge in [0.1, 0.15) is 11.3 Å². The minimum absolute atomic E-state index is 0.245. The van der Waals surface area contributed by atoms with Gasteiger partial charge in [-0.1, -0.05) is 45.1 Å².